The van der Waals surface area contributed by atoms with Gasteiger partial charge in [0.25, 0.3) is 0 Å². The highest BCUT2D eigenvalue weighted by Gasteiger charge is 2.22. The fourth-order valence-electron chi connectivity index (χ4n) is 3.61. The van der Waals surface area contributed by atoms with Gasteiger partial charge < -0.3 is 24.7 Å². The second-order valence-electron chi connectivity index (χ2n) is 11.1. The first kappa shape index (κ1) is 34.1. The topological polar surface area (TPSA) is 131 Å². The van der Waals surface area contributed by atoms with E-state index in [9.17, 15) is 19.2 Å². The van der Waals surface area contributed by atoms with Gasteiger partial charge in [0.15, 0.2) is 11.5 Å². The highest BCUT2D eigenvalue weighted by atomic mass is 16.6. The molecule has 0 heterocycles. The van der Waals surface area contributed by atoms with Crippen LogP contribution in [0.3, 0.4) is 0 Å². The summed E-state index contributed by atoms with van der Waals surface area (Å²) in [5, 5.41) is 0. The monoisotopic (exact) mass is 549 g/mol. The van der Waals surface area contributed by atoms with Gasteiger partial charge in [0.1, 0.15) is 18.8 Å². The quantitative estimate of drug-likeness (QED) is 0.153. The highest BCUT2D eigenvalue weighted by Crippen LogP contribution is 2.30. The van der Waals surface area contributed by atoms with Crippen LogP contribution in [0.4, 0.5) is 0 Å². The molecule has 9 nitrogen and oxygen atoms in total. The van der Waals surface area contributed by atoms with E-state index in [0.29, 0.717) is 18.4 Å². The van der Waals surface area contributed by atoms with Gasteiger partial charge in [-0.25, -0.2) is 0 Å². The molecule has 1 aromatic rings. The van der Waals surface area contributed by atoms with Crippen molar-refractivity contribution in [1.29, 1.82) is 0 Å². The van der Waals surface area contributed by atoms with Crippen LogP contribution in [0.25, 0.3) is 0 Å². The van der Waals surface area contributed by atoms with E-state index < -0.39 is 30.1 Å². The van der Waals surface area contributed by atoms with Gasteiger partial charge >= 0.3 is 23.9 Å². The third-order valence-corrected chi connectivity index (χ3v) is 5.65. The molecule has 2 atom stereocenters. The van der Waals surface area contributed by atoms with E-state index in [4.69, 9.17) is 24.7 Å². The van der Waals surface area contributed by atoms with Crippen molar-refractivity contribution in [3.63, 3.8) is 0 Å². The Morgan fingerprint density at radius 3 is 1.95 bits per heavy atom. The first-order chi connectivity index (χ1) is 18.3. The van der Waals surface area contributed by atoms with Crippen molar-refractivity contribution in [2.75, 3.05) is 6.61 Å². The van der Waals surface area contributed by atoms with Gasteiger partial charge in [-0.1, -0.05) is 66.4 Å². The molecule has 0 spiro atoms. The summed E-state index contributed by atoms with van der Waals surface area (Å²) in [5.41, 5.74) is 6.46. The molecule has 0 amide bonds. The Labute approximate surface area is 233 Å². The number of rotatable bonds is 17. The molecule has 1 rings (SSSR count). The fourth-order valence-corrected chi connectivity index (χ4v) is 3.61. The SMILES string of the molecule is CCCCCC(=O)Oc1ccc(C[C@H](N)C(=O)OC[C@H](C)OC(=O)CC(C)(C)C)cc1OC(=O)CCCCC. The zero-order valence-corrected chi connectivity index (χ0v) is 24.5. The molecule has 0 unspecified atom stereocenters. The molecule has 0 saturated heterocycles. The molecule has 0 aliphatic carbocycles. The van der Waals surface area contributed by atoms with Crippen LogP contribution in [-0.2, 0) is 35.1 Å². The largest absolute Gasteiger partial charge is 0.461 e. The molecule has 2 N–H and O–H groups in total. The van der Waals surface area contributed by atoms with Crippen LogP contribution >= 0.6 is 0 Å². The van der Waals surface area contributed by atoms with E-state index in [-0.39, 0.29) is 55.2 Å². The second-order valence-corrected chi connectivity index (χ2v) is 11.1. The molecule has 0 aliphatic heterocycles. The van der Waals surface area contributed by atoms with E-state index in [0.717, 1.165) is 25.7 Å². The Hall–Kier alpha value is -2.94. The standard InChI is InChI=1S/C30H47NO8/c1-7-9-11-13-26(32)38-24-16-15-22(18-25(24)39-27(33)14-12-10-8-2)17-23(31)29(35)36-20-21(3)37-28(34)19-30(4,5)6/h15-16,18,21,23H,7-14,17,19-20,31H2,1-6H3/t21-,23-/m0/s1. The zero-order valence-electron chi connectivity index (χ0n) is 24.5. The maximum absolute atomic E-state index is 12.5. The van der Waals surface area contributed by atoms with Gasteiger partial charge in [0.05, 0.1) is 6.42 Å². The van der Waals surface area contributed by atoms with E-state index >= 15 is 0 Å². The van der Waals surface area contributed by atoms with Crippen LogP contribution in [0, 0.1) is 5.41 Å². The minimum Gasteiger partial charge on any atom is -0.461 e. The van der Waals surface area contributed by atoms with Crippen molar-refractivity contribution in [2.24, 2.45) is 11.1 Å². The molecular weight excluding hydrogens is 502 g/mol. The number of carbonyl (C=O) groups excluding carboxylic acids is 4. The molecule has 0 aliphatic rings. The van der Waals surface area contributed by atoms with Gasteiger partial charge in [-0.2, -0.15) is 0 Å². The summed E-state index contributed by atoms with van der Waals surface area (Å²) in [6.45, 7) is 11.4. The molecular formula is C30H47NO8. The average molecular weight is 550 g/mol. The number of esters is 4. The smallest absolute Gasteiger partial charge is 0.323 e. The maximum Gasteiger partial charge on any atom is 0.323 e. The second kappa shape index (κ2) is 17.6. The summed E-state index contributed by atoms with van der Waals surface area (Å²) in [6, 6.07) is 3.75. The number of ether oxygens (including phenoxy) is 4. The summed E-state index contributed by atoms with van der Waals surface area (Å²) in [7, 11) is 0. The minimum absolute atomic E-state index is 0.0993. The summed E-state index contributed by atoms with van der Waals surface area (Å²) in [5.74, 6) is -1.60. The summed E-state index contributed by atoms with van der Waals surface area (Å²) >= 11 is 0. The number of hydrogen-bond acceptors (Lipinski definition) is 9. The molecule has 0 bridgehead atoms. The lowest BCUT2D eigenvalue weighted by atomic mass is 9.92. The normalized spacial score (nSPS) is 12.8. The van der Waals surface area contributed by atoms with Crippen molar-refractivity contribution in [2.45, 2.75) is 118 Å². The highest BCUT2D eigenvalue weighted by molar-refractivity contribution is 5.77. The van der Waals surface area contributed by atoms with Crippen molar-refractivity contribution in [3.8, 4) is 11.5 Å². The van der Waals surface area contributed by atoms with Crippen molar-refractivity contribution in [3.05, 3.63) is 23.8 Å². The van der Waals surface area contributed by atoms with Crippen LogP contribution < -0.4 is 15.2 Å². The molecule has 0 radical (unpaired) electrons. The van der Waals surface area contributed by atoms with Crippen LogP contribution in [-0.4, -0.2) is 42.6 Å². The molecule has 0 saturated carbocycles. The summed E-state index contributed by atoms with van der Waals surface area (Å²) < 4.78 is 21.5. The van der Waals surface area contributed by atoms with Gasteiger partial charge in [0, 0.05) is 12.8 Å². The first-order valence-corrected chi connectivity index (χ1v) is 14.0. The van der Waals surface area contributed by atoms with E-state index in [1.807, 2.05) is 34.6 Å². The lowest BCUT2D eigenvalue weighted by molar-refractivity contribution is -0.160. The number of benzene rings is 1. The number of nitrogens with two attached hydrogens (primary N) is 1. The van der Waals surface area contributed by atoms with Crippen molar-refractivity contribution >= 4 is 23.9 Å². The molecule has 220 valence electrons. The number of carbonyl (C=O) groups is 4. The van der Waals surface area contributed by atoms with Gasteiger partial charge in [0.2, 0.25) is 0 Å². The summed E-state index contributed by atoms with van der Waals surface area (Å²) in [6.07, 6.45) is 5.42. The molecule has 0 aromatic heterocycles. The zero-order chi connectivity index (χ0) is 29.4. The van der Waals surface area contributed by atoms with Gasteiger partial charge in [-0.15, -0.1) is 0 Å². The Kier molecular flexibility index (Phi) is 15.4. The maximum atomic E-state index is 12.5. The predicted octanol–water partition coefficient (Wildman–Crippen LogP) is 5.44. The van der Waals surface area contributed by atoms with Gasteiger partial charge in [-0.3, -0.25) is 19.2 Å². The van der Waals surface area contributed by atoms with Crippen molar-refractivity contribution in [1.82, 2.24) is 0 Å². The Morgan fingerprint density at radius 2 is 1.41 bits per heavy atom. The molecule has 9 heteroatoms. The first-order valence-electron chi connectivity index (χ1n) is 14.0. The van der Waals surface area contributed by atoms with Gasteiger partial charge in [-0.05, 0) is 49.3 Å². The Morgan fingerprint density at radius 1 is 0.846 bits per heavy atom. The third kappa shape index (κ3) is 15.3. The lowest BCUT2D eigenvalue weighted by Crippen LogP contribution is -2.36. The van der Waals surface area contributed by atoms with Crippen LogP contribution in [0.15, 0.2) is 18.2 Å². The number of hydrogen-bond donors (Lipinski definition) is 1. The van der Waals surface area contributed by atoms with Crippen LogP contribution in [0.1, 0.15) is 105 Å². The Balaban J connectivity index is 2.81. The van der Waals surface area contributed by atoms with Crippen LogP contribution in [0.2, 0.25) is 0 Å². The lowest BCUT2D eigenvalue weighted by Gasteiger charge is -2.20. The molecule has 1 aromatic carbocycles. The minimum atomic E-state index is -1.00. The van der Waals surface area contributed by atoms with Crippen LogP contribution in [0.5, 0.6) is 11.5 Å². The fraction of sp³-hybridized carbons (Fsp3) is 0.667. The van der Waals surface area contributed by atoms with E-state index in [2.05, 4.69) is 0 Å². The Bertz CT molecular complexity index is 937. The average Bonchev–Trinajstić information content (AvgIpc) is 2.83. The van der Waals surface area contributed by atoms with Crippen molar-refractivity contribution < 1.29 is 38.1 Å². The molecule has 39 heavy (non-hydrogen) atoms. The molecule has 0 fully saturated rings. The summed E-state index contributed by atoms with van der Waals surface area (Å²) in [4.78, 5) is 49.1. The third-order valence-electron chi connectivity index (χ3n) is 5.65. The van der Waals surface area contributed by atoms with E-state index in [1.165, 1.54) is 6.07 Å². The number of unbranched alkanes of at least 4 members (excludes halogenated alkanes) is 4. The van der Waals surface area contributed by atoms with E-state index in [1.54, 1.807) is 19.1 Å². The predicted molar refractivity (Wildman–Crippen MR) is 148 cm³/mol.